The lowest BCUT2D eigenvalue weighted by Gasteiger charge is -2.06. The smallest absolute Gasteiger partial charge is 0.257 e. The zero-order valence-electron chi connectivity index (χ0n) is 16.5. The molecule has 0 saturated heterocycles. The topological polar surface area (TPSA) is 100 Å². The Labute approximate surface area is 192 Å². The number of aromatic nitrogens is 1. The third kappa shape index (κ3) is 7.39. The Morgan fingerprint density at radius 2 is 1.74 bits per heavy atom. The van der Waals surface area contributed by atoms with Crippen LogP contribution in [0.1, 0.15) is 23.0 Å². The van der Waals surface area contributed by atoms with Crippen molar-refractivity contribution in [1.29, 1.82) is 0 Å². The number of thiazole rings is 1. The number of nitrogens with zero attached hydrogens (tertiary/aromatic N) is 1. The summed E-state index contributed by atoms with van der Waals surface area (Å²) in [5, 5.41) is 11.1. The lowest BCUT2D eigenvalue weighted by molar-refractivity contribution is -0.114. The van der Waals surface area contributed by atoms with E-state index >= 15 is 0 Å². The number of benzene rings is 2. The van der Waals surface area contributed by atoms with Gasteiger partial charge in [0.05, 0.1) is 11.4 Å². The van der Waals surface area contributed by atoms with Crippen LogP contribution in [-0.2, 0) is 15.3 Å². The number of anilines is 3. The standard InChI is InChI=1S/C21H19ClN4O3S2/c1-13(27)23-16-5-7-17(8-6-16)24-19(28)12-30-10-18-11-31-21(25-18)26-20(29)14-3-2-4-15(22)9-14/h2-9,11H,10,12H2,1H3,(H,23,27)(H,24,28)(H,25,26,29). The van der Waals surface area contributed by atoms with E-state index in [4.69, 9.17) is 11.6 Å². The summed E-state index contributed by atoms with van der Waals surface area (Å²) in [6, 6.07) is 13.6. The molecular weight excluding hydrogens is 456 g/mol. The van der Waals surface area contributed by atoms with Crippen molar-refractivity contribution in [3.8, 4) is 0 Å². The van der Waals surface area contributed by atoms with Gasteiger partial charge in [0.25, 0.3) is 5.91 Å². The summed E-state index contributed by atoms with van der Waals surface area (Å²) >= 11 is 8.66. The molecule has 0 fully saturated rings. The van der Waals surface area contributed by atoms with Gasteiger partial charge in [0.15, 0.2) is 5.13 Å². The average Bonchev–Trinajstić information content (AvgIpc) is 3.16. The van der Waals surface area contributed by atoms with Crippen molar-refractivity contribution >= 4 is 68.9 Å². The van der Waals surface area contributed by atoms with Crippen LogP contribution in [0.25, 0.3) is 0 Å². The number of nitrogens with one attached hydrogen (secondary N) is 3. The highest BCUT2D eigenvalue weighted by atomic mass is 35.5. The molecule has 0 atom stereocenters. The van der Waals surface area contributed by atoms with Crippen molar-refractivity contribution in [2.75, 3.05) is 21.7 Å². The van der Waals surface area contributed by atoms with E-state index in [1.165, 1.54) is 30.0 Å². The van der Waals surface area contributed by atoms with Crippen LogP contribution >= 0.6 is 34.7 Å². The van der Waals surface area contributed by atoms with Gasteiger partial charge in [0, 0.05) is 40.0 Å². The maximum atomic E-state index is 12.2. The molecular formula is C21H19ClN4O3S2. The van der Waals surface area contributed by atoms with Gasteiger partial charge in [0.2, 0.25) is 11.8 Å². The van der Waals surface area contributed by atoms with Gasteiger partial charge in [-0.25, -0.2) is 4.98 Å². The zero-order valence-corrected chi connectivity index (χ0v) is 18.9. The molecule has 0 aliphatic rings. The second kappa shape index (κ2) is 10.9. The molecule has 7 nitrogen and oxygen atoms in total. The second-order valence-corrected chi connectivity index (χ2v) is 8.69. The maximum absolute atomic E-state index is 12.2. The van der Waals surface area contributed by atoms with Crippen LogP contribution in [0.15, 0.2) is 53.9 Å². The predicted octanol–water partition coefficient (Wildman–Crippen LogP) is 4.88. The van der Waals surface area contributed by atoms with Crippen LogP contribution in [0.4, 0.5) is 16.5 Å². The first-order chi connectivity index (χ1) is 14.9. The average molecular weight is 475 g/mol. The number of rotatable bonds is 8. The van der Waals surface area contributed by atoms with Gasteiger partial charge >= 0.3 is 0 Å². The summed E-state index contributed by atoms with van der Waals surface area (Å²) in [6.07, 6.45) is 0. The molecule has 3 amide bonds. The van der Waals surface area contributed by atoms with Gasteiger partial charge in [-0.2, -0.15) is 0 Å². The first-order valence-electron chi connectivity index (χ1n) is 9.15. The number of halogens is 1. The Balaban J connectivity index is 1.42. The van der Waals surface area contributed by atoms with Gasteiger partial charge < -0.3 is 10.6 Å². The zero-order chi connectivity index (χ0) is 22.2. The Morgan fingerprint density at radius 1 is 1.03 bits per heavy atom. The molecule has 0 spiro atoms. The van der Waals surface area contributed by atoms with Crippen LogP contribution in [0, 0.1) is 0 Å². The van der Waals surface area contributed by atoms with Gasteiger partial charge in [-0.3, -0.25) is 19.7 Å². The fourth-order valence-corrected chi connectivity index (χ4v) is 4.23. The Bertz CT molecular complexity index is 1090. The summed E-state index contributed by atoms with van der Waals surface area (Å²) < 4.78 is 0. The largest absolute Gasteiger partial charge is 0.326 e. The minimum atomic E-state index is -0.278. The van der Waals surface area contributed by atoms with E-state index in [0.29, 0.717) is 32.8 Å². The van der Waals surface area contributed by atoms with Gasteiger partial charge in [-0.1, -0.05) is 17.7 Å². The molecule has 0 aliphatic carbocycles. The molecule has 0 saturated carbocycles. The number of hydrogen-bond donors (Lipinski definition) is 3. The summed E-state index contributed by atoms with van der Waals surface area (Å²) in [5.41, 5.74) is 2.56. The number of thioether (sulfide) groups is 1. The van der Waals surface area contributed by atoms with Crippen LogP contribution in [-0.4, -0.2) is 28.5 Å². The molecule has 0 radical (unpaired) electrons. The number of hydrogen-bond acceptors (Lipinski definition) is 6. The number of carbonyl (C=O) groups excluding carboxylic acids is 3. The quantitative estimate of drug-likeness (QED) is 0.432. The minimum Gasteiger partial charge on any atom is -0.326 e. The van der Waals surface area contributed by atoms with E-state index in [1.54, 1.807) is 48.5 Å². The third-order valence-corrected chi connectivity index (χ3v) is 5.84. The Kier molecular flexibility index (Phi) is 8.05. The molecule has 3 aromatic rings. The molecule has 31 heavy (non-hydrogen) atoms. The summed E-state index contributed by atoms with van der Waals surface area (Å²) in [4.78, 5) is 39.8. The molecule has 0 bridgehead atoms. The van der Waals surface area contributed by atoms with Crippen molar-refractivity contribution < 1.29 is 14.4 Å². The molecule has 0 unspecified atom stereocenters. The first-order valence-corrected chi connectivity index (χ1v) is 11.6. The van der Waals surface area contributed by atoms with Crippen molar-refractivity contribution in [3.05, 3.63) is 70.2 Å². The van der Waals surface area contributed by atoms with Crippen LogP contribution in [0.5, 0.6) is 0 Å². The molecule has 3 rings (SSSR count). The molecule has 160 valence electrons. The van der Waals surface area contributed by atoms with E-state index < -0.39 is 0 Å². The van der Waals surface area contributed by atoms with E-state index in [1.807, 2.05) is 5.38 Å². The highest BCUT2D eigenvalue weighted by Gasteiger charge is 2.10. The van der Waals surface area contributed by atoms with Gasteiger partial charge in [-0.05, 0) is 42.5 Å². The highest BCUT2D eigenvalue weighted by Crippen LogP contribution is 2.21. The van der Waals surface area contributed by atoms with Crippen molar-refractivity contribution in [1.82, 2.24) is 4.98 Å². The van der Waals surface area contributed by atoms with Crippen LogP contribution in [0.3, 0.4) is 0 Å². The lowest BCUT2D eigenvalue weighted by atomic mass is 10.2. The summed E-state index contributed by atoms with van der Waals surface area (Å²) in [7, 11) is 0. The molecule has 3 N–H and O–H groups in total. The fraction of sp³-hybridized carbons (Fsp3) is 0.143. The maximum Gasteiger partial charge on any atom is 0.257 e. The molecule has 10 heteroatoms. The van der Waals surface area contributed by atoms with Crippen LogP contribution in [0.2, 0.25) is 5.02 Å². The molecule has 1 aromatic heterocycles. The van der Waals surface area contributed by atoms with Crippen molar-refractivity contribution in [3.63, 3.8) is 0 Å². The highest BCUT2D eigenvalue weighted by molar-refractivity contribution is 7.99. The van der Waals surface area contributed by atoms with Crippen molar-refractivity contribution in [2.24, 2.45) is 0 Å². The Hall–Kier alpha value is -2.88. The van der Waals surface area contributed by atoms with E-state index in [9.17, 15) is 14.4 Å². The second-order valence-electron chi connectivity index (χ2n) is 6.41. The lowest BCUT2D eigenvalue weighted by Crippen LogP contribution is -2.14. The molecule has 1 heterocycles. The van der Waals surface area contributed by atoms with E-state index in [-0.39, 0.29) is 23.5 Å². The van der Waals surface area contributed by atoms with E-state index in [2.05, 4.69) is 20.9 Å². The van der Waals surface area contributed by atoms with Crippen molar-refractivity contribution in [2.45, 2.75) is 12.7 Å². The summed E-state index contributed by atoms with van der Waals surface area (Å²) in [6.45, 7) is 1.44. The monoisotopic (exact) mass is 474 g/mol. The van der Waals surface area contributed by atoms with Gasteiger partial charge in [-0.15, -0.1) is 23.1 Å². The first kappa shape index (κ1) is 22.8. The Morgan fingerprint density at radius 3 is 2.42 bits per heavy atom. The number of carbonyl (C=O) groups is 3. The van der Waals surface area contributed by atoms with Crippen LogP contribution < -0.4 is 16.0 Å². The third-order valence-electron chi connectivity index (χ3n) is 3.83. The minimum absolute atomic E-state index is 0.137. The summed E-state index contributed by atoms with van der Waals surface area (Å²) in [5.74, 6) is 0.234. The molecule has 0 aliphatic heterocycles. The SMILES string of the molecule is CC(=O)Nc1ccc(NC(=O)CSCc2csc(NC(=O)c3cccc(Cl)c3)n2)cc1. The molecule has 2 aromatic carbocycles. The fourth-order valence-electron chi connectivity index (χ4n) is 2.52. The number of amides is 3. The normalized spacial score (nSPS) is 10.4. The predicted molar refractivity (Wildman–Crippen MR) is 127 cm³/mol. The van der Waals surface area contributed by atoms with Gasteiger partial charge in [0.1, 0.15) is 0 Å². The van der Waals surface area contributed by atoms with E-state index in [0.717, 1.165) is 5.69 Å².